The van der Waals surface area contributed by atoms with Gasteiger partial charge in [0, 0.05) is 18.1 Å². The minimum atomic E-state index is 0.744. The fraction of sp³-hybridized carbons (Fsp3) is 1.00. The Morgan fingerprint density at radius 1 is 1.12 bits per heavy atom. The molecule has 1 N–H and O–H groups in total. The summed E-state index contributed by atoms with van der Waals surface area (Å²) in [6.07, 6.45) is 9.92. The lowest BCUT2D eigenvalue weighted by Gasteiger charge is -2.47. The van der Waals surface area contributed by atoms with Crippen molar-refractivity contribution in [1.29, 1.82) is 0 Å². The number of likely N-dealkylation sites (N-methyl/N-ethyl adjacent to an activating group) is 2. The normalized spacial score (nSPS) is 34.9. The van der Waals surface area contributed by atoms with E-state index in [0.29, 0.717) is 0 Å². The molecule has 0 saturated heterocycles. The summed E-state index contributed by atoms with van der Waals surface area (Å²) in [4.78, 5) is 2.71. The van der Waals surface area contributed by atoms with Crippen LogP contribution in [0.2, 0.25) is 0 Å². The Labute approximate surface area is 107 Å². The maximum absolute atomic E-state index is 3.72. The highest BCUT2D eigenvalue weighted by atomic mass is 15.2. The van der Waals surface area contributed by atoms with E-state index >= 15 is 0 Å². The van der Waals surface area contributed by atoms with Crippen LogP contribution in [0.1, 0.15) is 58.8 Å². The zero-order valence-electron chi connectivity index (χ0n) is 11.9. The van der Waals surface area contributed by atoms with Crippen LogP contribution in [0.5, 0.6) is 0 Å². The van der Waals surface area contributed by atoms with Gasteiger partial charge in [0.2, 0.25) is 0 Å². The van der Waals surface area contributed by atoms with Crippen LogP contribution in [0.4, 0.5) is 0 Å². The molecule has 0 spiro atoms. The molecular weight excluding hydrogens is 208 g/mol. The highest BCUT2D eigenvalue weighted by Gasteiger charge is 2.36. The predicted octanol–water partition coefficient (Wildman–Crippen LogP) is 3.03. The summed E-state index contributed by atoms with van der Waals surface area (Å²) < 4.78 is 0. The van der Waals surface area contributed by atoms with E-state index < -0.39 is 0 Å². The minimum absolute atomic E-state index is 0.744. The van der Waals surface area contributed by atoms with Crippen LogP contribution in [-0.2, 0) is 0 Å². The Bertz CT molecular complexity index is 223. The molecule has 2 aliphatic carbocycles. The molecule has 0 heterocycles. The molecule has 17 heavy (non-hydrogen) atoms. The standard InChI is InChI=1S/C15H30N2/c1-4-12-9-10-14(16-5-2)15(11-12)17(3)13-7-6-8-13/h12-16H,4-11H2,1-3H3. The van der Waals surface area contributed by atoms with Crippen molar-refractivity contribution in [2.24, 2.45) is 5.92 Å². The van der Waals surface area contributed by atoms with Crippen LogP contribution in [0, 0.1) is 5.92 Å². The molecule has 2 aliphatic rings. The van der Waals surface area contributed by atoms with Gasteiger partial charge in [-0.25, -0.2) is 0 Å². The number of hydrogen-bond donors (Lipinski definition) is 1. The first-order valence-electron chi connectivity index (χ1n) is 7.71. The molecule has 2 nitrogen and oxygen atoms in total. The molecule has 2 heteroatoms. The van der Waals surface area contributed by atoms with Crippen molar-refractivity contribution >= 4 is 0 Å². The van der Waals surface area contributed by atoms with Gasteiger partial charge in [0.25, 0.3) is 0 Å². The van der Waals surface area contributed by atoms with Gasteiger partial charge in [0.15, 0.2) is 0 Å². The van der Waals surface area contributed by atoms with Crippen LogP contribution in [-0.4, -0.2) is 36.6 Å². The molecule has 100 valence electrons. The molecule has 2 rings (SSSR count). The van der Waals surface area contributed by atoms with E-state index in [1.54, 1.807) is 0 Å². The second-order valence-electron chi connectivity index (χ2n) is 6.07. The van der Waals surface area contributed by atoms with Crippen LogP contribution < -0.4 is 5.32 Å². The van der Waals surface area contributed by atoms with E-state index in [-0.39, 0.29) is 0 Å². The van der Waals surface area contributed by atoms with E-state index in [1.165, 1.54) is 44.9 Å². The van der Waals surface area contributed by atoms with Crippen molar-refractivity contribution in [2.45, 2.75) is 76.9 Å². The Morgan fingerprint density at radius 2 is 1.88 bits per heavy atom. The van der Waals surface area contributed by atoms with Gasteiger partial charge < -0.3 is 5.32 Å². The smallest absolute Gasteiger partial charge is 0.0251 e. The Morgan fingerprint density at radius 3 is 2.41 bits per heavy atom. The first-order chi connectivity index (χ1) is 8.26. The summed E-state index contributed by atoms with van der Waals surface area (Å²) in [6.45, 7) is 5.72. The number of nitrogens with one attached hydrogen (secondary N) is 1. The van der Waals surface area contributed by atoms with E-state index in [1.807, 2.05) is 0 Å². The van der Waals surface area contributed by atoms with Crippen molar-refractivity contribution in [2.75, 3.05) is 13.6 Å². The summed E-state index contributed by atoms with van der Waals surface area (Å²) in [5.41, 5.74) is 0. The van der Waals surface area contributed by atoms with Gasteiger partial charge in [-0.3, -0.25) is 4.90 Å². The largest absolute Gasteiger partial charge is 0.313 e. The molecule has 0 aromatic heterocycles. The molecule has 3 atom stereocenters. The summed E-state index contributed by atoms with van der Waals surface area (Å²) in [5.74, 6) is 0.970. The van der Waals surface area contributed by atoms with Gasteiger partial charge >= 0.3 is 0 Å². The molecule has 0 bridgehead atoms. The highest BCUT2D eigenvalue weighted by Crippen LogP contribution is 2.34. The average Bonchev–Trinajstić information content (AvgIpc) is 2.27. The van der Waals surface area contributed by atoms with E-state index in [9.17, 15) is 0 Å². The summed E-state index contributed by atoms with van der Waals surface area (Å²) in [5, 5.41) is 3.72. The molecule has 2 fully saturated rings. The lowest BCUT2D eigenvalue weighted by atomic mass is 9.78. The van der Waals surface area contributed by atoms with E-state index in [0.717, 1.165) is 30.6 Å². The Balaban J connectivity index is 1.96. The maximum Gasteiger partial charge on any atom is 0.0251 e. The highest BCUT2D eigenvalue weighted by molar-refractivity contribution is 4.93. The summed E-state index contributed by atoms with van der Waals surface area (Å²) in [7, 11) is 2.37. The number of hydrogen-bond acceptors (Lipinski definition) is 2. The first-order valence-corrected chi connectivity index (χ1v) is 7.71. The SMILES string of the molecule is CCNC1CCC(CC)CC1N(C)C1CCC1. The molecule has 3 unspecified atom stereocenters. The molecule has 0 aliphatic heterocycles. The minimum Gasteiger partial charge on any atom is -0.313 e. The van der Waals surface area contributed by atoms with Crippen molar-refractivity contribution in [3.8, 4) is 0 Å². The molecule has 0 radical (unpaired) electrons. The third-order valence-electron chi connectivity index (χ3n) is 5.14. The molecule has 0 aromatic carbocycles. The number of rotatable bonds is 5. The summed E-state index contributed by atoms with van der Waals surface area (Å²) >= 11 is 0. The van der Waals surface area contributed by atoms with Crippen molar-refractivity contribution in [3.63, 3.8) is 0 Å². The van der Waals surface area contributed by atoms with Gasteiger partial charge in [0.05, 0.1) is 0 Å². The number of nitrogens with zero attached hydrogens (tertiary/aromatic N) is 1. The molecule has 0 aromatic rings. The third-order valence-corrected chi connectivity index (χ3v) is 5.14. The topological polar surface area (TPSA) is 15.3 Å². The maximum atomic E-state index is 3.72. The first kappa shape index (κ1) is 13.4. The zero-order chi connectivity index (χ0) is 12.3. The van der Waals surface area contributed by atoms with Gasteiger partial charge in [0.1, 0.15) is 0 Å². The molecule has 2 saturated carbocycles. The van der Waals surface area contributed by atoms with E-state index in [2.05, 4.69) is 31.1 Å². The van der Waals surface area contributed by atoms with Crippen molar-refractivity contribution < 1.29 is 0 Å². The molecular formula is C15H30N2. The fourth-order valence-corrected chi connectivity index (χ4v) is 3.62. The molecule has 0 amide bonds. The van der Waals surface area contributed by atoms with Crippen LogP contribution in [0.3, 0.4) is 0 Å². The van der Waals surface area contributed by atoms with E-state index in [4.69, 9.17) is 0 Å². The van der Waals surface area contributed by atoms with Gasteiger partial charge in [-0.2, -0.15) is 0 Å². The van der Waals surface area contributed by atoms with Gasteiger partial charge in [-0.05, 0) is 51.6 Å². The quantitative estimate of drug-likeness (QED) is 0.792. The Kier molecular flexibility index (Phi) is 4.87. The van der Waals surface area contributed by atoms with Crippen LogP contribution >= 0.6 is 0 Å². The van der Waals surface area contributed by atoms with Crippen molar-refractivity contribution in [1.82, 2.24) is 10.2 Å². The monoisotopic (exact) mass is 238 g/mol. The predicted molar refractivity (Wildman–Crippen MR) is 74.3 cm³/mol. The Hall–Kier alpha value is -0.0800. The third kappa shape index (κ3) is 3.03. The van der Waals surface area contributed by atoms with Crippen LogP contribution in [0.25, 0.3) is 0 Å². The lowest BCUT2D eigenvalue weighted by molar-refractivity contribution is 0.0505. The van der Waals surface area contributed by atoms with Crippen molar-refractivity contribution in [3.05, 3.63) is 0 Å². The van der Waals surface area contributed by atoms with Gasteiger partial charge in [-0.15, -0.1) is 0 Å². The van der Waals surface area contributed by atoms with Gasteiger partial charge in [-0.1, -0.05) is 26.7 Å². The average molecular weight is 238 g/mol. The summed E-state index contributed by atoms with van der Waals surface area (Å²) in [6, 6.07) is 2.42. The lowest BCUT2D eigenvalue weighted by Crippen LogP contribution is -2.56. The second kappa shape index (κ2) is 6.19. The van der Waals surface area contributed by atoms with Crippen LogP contribution in [0.15, 0.2) is 0 Å². The fourth-order valence-electron chi connectivity index (χ4n) is 3.62. The second-order valence-corrected chi connectivity index (χ2v) is 6.07. The zero-order valence-corrected chi connectivity index (χ0v) is 11.9.